The largest absolute Gasteiger partial charge is 0.431 e. The van der Waals surface area contributed by atoms with Crippen molar-refractivity contribution in [2.24, 2.45) is 0 Å². The maximum absolute atomic E-state index is 13.7. The highest BCUT2D eigenvalue weighted by atomic mass is 32.2. The molecule has 0 aliphatic carbocycles. The van der Waals surface area contributed by atoms with Gasteiger partial charge in [-0.3, -0.25) is 14.5 Å². The molecular weight excluding hydrogens is 407 g/mol. The number of carbonyl (C=O) groups excluding carboxylic acids is 2. The van der Waals surface area contributed by atoms with Gasteiger partial charge in [-0.15, -0.1) is 0 Å². The molecule has 2 amide bonds. The smallest absolute Gasteiger partial charge is 0.409 e. The Balaban J connectivity index is 1.63. The lowest BCUT2D eigenvalue weighted by atomic mass is 10.1. The number of thioether (sulfide) groups is 1. The van der Waals surface area contributed by atoms with Gasteiger partial charge in [0.15, 0.2) is 5.58 Å². The monoisotopic (exact) mass is 421 g/mol. The van der Waals surface area contributed by atoms with Crippen molar-refractivity contribution < 1.29 is 27.2 Å². The first-order valence-electron chi connectivity index (χ1n) is 8.59. The molecule has 1 unspecified atom stereocenters. The minimum atomic E-state index is -4.77. The van der Waals surface area contributed by atoms with E-state index in [0.29, 0.717) is 16.0 Å². The Morgan fingerprint density at radius 1 is 1.21 bits per heavy atom. The van der Waals surface area contributed by atoms with Crippen LogP contribution in [0.15, 0.2) is 58.2 Å². The predicted octanol–water partition coefficient (Wildman–Crippen LogP) is 4.23. The van der Waals surface area contributed by atoms with Gasteiger partial charge >= 0.3 is 6.18 Å². The Labute approximate surface area is 167 Å². The lowest BCUT2D eigenvalue weighted by Gasteiger charge is -2.31. The maximum Gasteiger partial charge on any atom is 0.409 e. The third-order valence-electron chi connectivity index (χ3n) is 4.37. The second-order valence-electron chi connectivity index (χ2n) is 6.33. The van der Waals surface area contributed by atoms with Gasteiger partial charge in [0.05, 0.1) is 23.5 Å². The summed E-state index contributed by atoms with van der Waals surface area (Å²) in [6.45, 7) is 0. The van der Waals surface area contributed by atoms with E-state index in [4.69, 9.17) is 4.42 Å². The molecule has 4 rings (SSSR count). The lowest BCUT2D eigenvalue weighted by molar-refractivity contribution is -0.157. The van der Waals surface area contributed by atoms with Gasteiger partial charge in [0.2, 0.25) is 11.8 Å². The van der Waals surface area contributed by atoms with Crippen LogP contribution in [0.4, 0.5) is 24.5 Å². The molecule has 2 heterocycles. The van der Waals surface area contributed by atoms with Gasteiger partial charge in [0.1, 0.15) is 11.6 Å². The number of carbonyl (C=O) groups is 2. The number of para-hydroxylation sites is 4. The Bertz CT molecular complexity index is 1050. The van der Waals surface area contributed by atoms with Crippen LogP contribution >= 0.6 is 11.8 Å². The highest BCUT2D eigenvalue weighted by Crippen LogP contribution is 2.38. The van der Waals surface area contributed by atoms with Crippen molar-refractivity contribution in [2.45, 2.75) is 23.9 Å². The molecule has 0 spiro atoms. The fourth-order valence-electron chi connectivity index (χ4n) is 3.10. The van der Waals surface area contributed by atoms with Crippen LogP contribution in [-0.4, -0.2) is 34.8 Å². The van der Waals surface area contributed by atoms with E-state index >= 15 is 0 Å². The van der Waals surface area contributed by atoms with Gasteiger partial charge in [0, 0.05) is 0 Å². The van der Waals surface area contributed by atoms with E-state index in [1.54, 1.807) is 30.3 Å². The molecular formula is C19H14F3N3O3S. The van der Waals surface area contributed by atoms with E-state index in [9.17, 15) is 22.8 Å². The van der Waals surface area contributed by atoms with Crippen molar-refractivity contribution in [3.8, 4) is 0 Å². The van der Waals surface area contributed by atoms with E-state index in [-0.39, 0.29) is 22.4 Å². The quantitative estimate of drug-likeness (QED) is 0.641. The predicted molar refractivity (Wildman–Crippen MR) is 102 cm³/mol. The van der Waals surface area contributed by atoms with Gasteiger partial charge in [-0.2, -0.15) is 13.2 Å². The van der Waals surface area contributed by atoms with E-state index < -0.39 is 30.5 Å². The minimum Gasteiger partial charge on any atom is -0.431 e. The fourth-order valence-corrected chi connectivity index (χ4v) is 3.80. The van der Waals surface area contributed by atoms with Gasteiger partial charge in [-0.05, 0) is 24.3 Å². The van der Waals surface area contributed by atoms with Crippen molar-refractivity contribution >= 4 is 46.1 Å². The molecule has 0 fully saturated rings. The van der Waals surface area contributed by atoms with Crippen LogP contribution in [0.3, 0.4) is 0 Å². The molecule has 1 N–H and O–H groups in total. The molecule has 10 heteroatoms. The first-order valence-corrected chi connectivity index (χ1v) is 9.57. The highest BCUT2D eigenvalue weighted by molar-refractivity contribution is 7.99. The third-order valence-corrected chi connectivity index (χ3v) is 5.18. The molecule has 0 bridgehead atoms. The Hall–Kier alpha value is -3.01. The summed E-state index contributed by atoms with van der Waals surface area (Å²) in [6, 6.07) is 10.6. The summed E-state index contributed by atoms with van der Waals surface area (Å²) in [5.41, 5.74) is 1.27. The highest BCUT2D eigenvalue weighted by Gasteiger charge is 2.48. The van der Waals surface area contributed by atoms with Crippen LogP contribution in [0.5, 0.6) is 0 Å². The number of anilines is 2. The van der Waals surface area contributed by atoms with Crippen molar-refractivity contribution in [2.75, 3.05) is 16.0 Å². The van der Waals surface area contributed by atoms with Gasteiger partial charge in [-0.1, -0.05) is 36.0 Å². The van der Waals surface area contributed by atoms with Crippen molar-refractivity contribution in [1.82, 2.24) is 4.98 Å². The zero-order valence-electron chi connectivity index (χ0n) is 14.8. The zero-order valence-corrected chi connectivity index (χ0v) is 15.6. The molecule has 1 atom stereocenters. The number of hydrogen-bond donors (Lipinski definition) is 1. The normalized spacial score (nSPS) is 17.0. The Morgan fingerprint density at radius 3 is 2.69 bits per heavy atom. The Morgan fingerprint density at radius 2 is 1.93 bits per heavy atom. The summed E-state index contributed by atoms with van der Waals surface area (Å²) in [5, 5.41) is 2.61. The summed E-state index contributed by atoms with van der Waals surface area (Å²) in [7, 11) is 0. The number of benzene rings is 2. The van der Waals surface area contributed by atoms with E-state index in [0.717, 1.165) is 11.8 Å². The van der Waals surface area contributed by atoms with E-state index in [2.05, 4.69) is 10.3 Å². The number of oxazole rings is 1. The molecule has 0 radical (unpaired) electrons. The van der Waals surface area contributed by atoms with Gasteiger partial charge < -0.3 is 9.73 Å². The number of amides is 2. The lowest BCUT2D eigenvalue weighted by Crippen LogP contribution is -2.50. The molecule has 1 aliphatic rings. The van der Waals surface area contributed by atoms with Gasteiger partial charge in [0.25, 0.3) is 5.22 Å². The number of aromatic nitrogens is 1. The van der Waals surface area contributed by atoms with Gasteiger partial charge in [-0.25, -0.2) is 4.98 Å². The fraction of sp³-hybridized carbons (Fsp3) is 0.211. The Kier molecular flexibility index (Phi) is 4.95. The number of alkyl halides is 3. The number of nitrogens with zero attached hydrogens (tertiary/aromatic N) is 2. The molecule has 1 aliphatic heterocycles. The van der Waals surface area contributed by atoms with Crippen LogP contribution in [0, 0.1) is 0 Å². The SMILES string of the molecule is O=C1CC(C(F)(F)F)N(C(=O)CSc2nc3ccccc3o2)c2ccccc2N1. The third kappa shape index (κ3) is 3.93. The standard InChI is InChI=1S/C19H14F3N3O3S/c20-19(21,22)15-9-16(26)23-11-5-1-3-7-13(11)25(15)17(27)10-29-18-24-12-6-2-4-8-14(12)28-18/h1-8,15H,9-10H2,(H,23,26). The molecule has 3 aromatic rings. The van der Waals surface area contributed by atoms with Crippen LogP contribution in [0.2, 0.25) is 0 Å². The number of fused-ring (bicyclic) bond motifs is 2. The summed E-state index contributed by atoms with van der Waals surface area (Å²) in [6.07, 6.45) is -5.65. The number of rotatable bonds is 3. The van der Waals surface area contributed by atoms with Crippen LogP contribution < -0.4 is 10.2 Å². The average molecular weight is 421 g/mol. The summed E-state index contributed by atoms with van der Waals surface area (Å²) < 4.78 is 46.6. The van der Waals surface area contributed by atoms with Crippen molar-refractivity contribution in [3.63, 3.8) is 0 Å². The summed E-state index contributed by atoms with van der Waals surface area (Å²) in [5.74, 6) is -1.94. The van der Waals surface area contributed by atoms with Crippen molar-refractivity contribution in [1.29, 1.82) is 0 Å². The van der Waals surface area contributed by atoms with Crippen LogP contribution in [0.25, 0.3) is 11.1 Å². The first-order chi connectivity index (χ1) is 13.8. The molecule has 2 aromatic carbocycles. The number of hydrogen-bond acceptors (Lipinski definition) is 5. The minimum absolute atomic E-state index is 0.00356. The topological polar surface area (TPSA) is 75.4 Å². The van der Waals surface area contributed by atoms with E-state index in [1.807, 2.05) is 0 Å². The molecule has 150 valence electrons. The molecule has 6 nitrogen and oxygen atoms in total. The maximum atomic E-state index is 13.7. The molecule has 29 heavy (non-hydrogen) atoms. The van der Waals surface area contributed by atoms with Crippen LogP contribution in [-0.2, 0) is 9.59 Å². The van der Waals surface area contributed by atoms with Crippen LogP contribution in [0.1, 0.15) is 6.42 Å². The molecule has 0 saturated heterocycles. The zero-order chi connectivity index (χ0) is 20.6. The van der Waals surface area contributed by atoms with Crippen molar-refractivity contribution in [3.05, 3.63) is 48.5 Å². The number of halogens is 3. The average Bonchev–Trinajstić information content (AvgIpc) is 3.02. The second-order valence-corrected chi connectivity index (χ2v) is 7.25. The first kappa shape index (κ1) is 19.3. The summed E-state index contributed by atoms with van der Waals surface area (Å²) in [4.78, 5) is 29.7. The second kappa shape index (κ2) is 7.43. The summed E-state index contributed by atoms with van der Waals surface area (Å²) >= 11 is 0.901. The van der Waals surface area contributed by atoms with E-state index in [1.165, 1.54) is 18.2 Å². The number of nitrogens with one attached hydrogen (secondary N) is 1. The molecule has 1 aromatic heterocycles. The molecule has 0 saturated carbocycles.